The van der Waals surface area contributed by atoms with E-state index in [0.29, 0.717) is 0 Å². The fraction of sp³-hybridized carbons (Fsp3) is 0.273. The van der Waals surface area contributed by atoms with E-state index in [1.165, 1.54) is 16.5 Å². The molecule has 0 atom stereocenters. The van der Waals surface area contributed by atoms with Crippen LogP contribution in [0.2, 0.25) is 0 Å². The molecule has 0 amide bonds. The number of nitrogens with zero attached hydrogens (tertiary/aromatic N) is 1. The highest BCUT2D eigenvalue weighted by molar-refractivity contribution is 9.10. The van der Waals surface area contributed by atoms with Crippen molar-refractivity contribution in [1.29, 1.82) is 0 Å². The van der Waals surface area contributed by atoms with Gasteiger partial charge in [-0.05, 0) is 34.0 Å². The van der Waals surface area contributed by atoms with Crippen LogP contribution in [-0.4, -0.2) is 4.57 Å². The summed E-state index contributed by atoms with van der Waals surface area (Å²) in [5, 5.41) is 1.31. The van der Waals surface area contributed by atoms with Crippen molar-refractivity contribution in [2.24, 2.45) is 7.05 Å². The summed E-state index contributed by atoms with van der Waals surface area (Å²) in [6.45, 7) is 2.19. The molecule has 0 aliphatic heterocycles. The molecule has 2 aromatic rings. The molecule has 1 aromatic heterocycles. The van der Waals surface area contributed by atoms with Gasteiger partial charge in [-0.2, -0.15) is 0 Å². The third kappa shape index (κ3) is 1.29. The summed E-state index contributed by atoms with van der Waals surface area (Å²) in [6, 6.07) is 8.62. The van der Waals surface area contributed by atoms with Crippen LogP contribution in [0.1, 0.15) is 12.5 Å². The molecule has 1 aromatic carbocycles. The molecule has 0 radical (unpaired) electrons. The number of aryl methyl sites for hydroxylation is 2. The van der Waals surface area contributed by atoms with Gasteiger partial charge in [-0.15, -0.1) is 0 Å². The first kappa shape index (κ1) is 8.82. The van der Waals surface area contributed by atoms with Crippen LogP contribution in [-0.2, 0) is 13.5 Å². The Kier molecular flexibility index (Phi) is 2.16. The number of hydrogen-bond acceptors (Lipinski definition) is 0. The Morgan fingerprint density at radius 3 is 2.85 bits per heavy atom. The topological polar surface area (TPSA) is 4.93 Å². The largest absolute Gasteiger partial charge is 0.338 e. The lowest BCUT2D eigenvalue weighted by molar-refractivity contribution is 0.929. The van der Waals surface area contributed by atoms with Crippen molar-refractivity contribution in [1.82, 2.24) is 4.57 Å². The van der Waals surface area contributed by atoms with E-state index < -0.39 is 0 Å². The van der Waals surface area contributed by atoms with E-state index in [4.69, 9.17) is 0 Å². The number of benzene rings is 1. The predicted octanol–water partition coefficient (Wildman–Crippen LogP) is 3.50. The van der Waals surface area contributed by atoms with Crippen molar-refractivity contribution in [2.75, 3.05) is 0 Å². The van der Waals surface area contributed by atoms with Gasteiger partial charge in [0.15, 0.2) is 0 Å². The number of hydrogen-bond donors (Lipinski definition) is 0. The van der Waals surface area contributed by atoms with Crippen molar-refractivity contribution in [2.45, 2.75) is 13.3 Å². The third-order valence-electron chi connectivity index (χ3n) is 2.46. The Hall–Kier alpha value is -0.760. The van der Waals surface area contributed by atoms with E-state index >= 15 is 0 Å². The summed E-state index contributed by atoms with van der Waals surface area (Å²) in [6.07, 6.45) is 1.08. The van der Waals surface area contributed by atoms with E-state index in [1.807, 2.05) is 0 Å². The maximum Gasteiger partial charge on any atom is 0.0854 e. The second-order valence-corrected chi connectivity index (χ2v) is 4.05. The minimum atomic E-state index is 1.08. The van der Waals surface area contributed by atoms with Crippen LogP contribution in [0.15, 0.2) is 28.9 Å². The Balaban J connectivity index is 2.87. The summed E-state index contributed by atoms with van der Waals surface area (Å²) < 4.78 is 3.33. The van der Waals surface area contributed by atoms with Gasteiger partial charge in [-0.1, -0.05) is 25.1 Å². The molecule has 0 aliphatic carbocycles. The summed E-state index contributed by atoms with van der Waals surface area (Å²) in [5.41, 5.74) is 2.75. The van der Waals surface area contributed by atoms with E-state index in [0.717, 1.165) is 11.0 Å². The quantitative estimate of drug-likeness (QED) is 0.716. The minimum absolute atomic E-state index is 1.08. The van der Waals surface area contributed by atoms with Gasteiger partial charge < -0.3 is 4.57 Å². The minimum Gasteiger partial charge on any atom is -0.338 e. The third-order valence-corrected chi connectivity index (χ3v) is 3.22. The van der Waals surface area contributed by atoms with E-state index in [2.05, 4.69) is 58.7 Å². The summed E-state index contributed by atoms with van der Waals surface area (Å²) in [5.74, 6) is 0. The second kappa shape index (κ2) is 3.18. The Bertz CT molecular complexity index is 443. The Labute approximate surface area is 86.5 Å². The van der Waals surface area contributed by atoms with Gasteiger partial charge in [0.2, 0.25) is 0 Å². The molecule has 68 valence electrons. The highest BCUT2D eigenvalue weighted by Crippen LogP contribution is 2.25. The van der Waals surface area contributed by atoms with Crippen LogP contribution in [0.3, 0.4) is 0 Å². The molecule has 2 rings (SSSR count). The van der Waals surface area contributed by atoms with Gasteiger partial charge in [0.1, 0.15) is 0 Å². The lowest BCUT2D eigenvalue weighted by Crippen LogP contribution is -1.91. The van der Waals surface area contributed by atoms with Gasteiger partial charge in [0, 0.05) is 12.4 Å². The number of para-hydroxylation sites is 1. The zero-order valence-electron chi connectivity index (χ0n) is 7.84. The van der Waals surface area contributed by atoms with Crippen LogP contribution >= 0.6 is 15.9 Å². The van der Waals surface area contributed by atoms with Crippen molar-refractivity contribution in [3.8, 4) is 0 Å². The molecule has 0 saturated heterocycles. The molecule has 1 heterocycles. The van der Waals surface area contributed by atoms with Gasteiger partial charge in [-0.3, -0.25) is 0 Å². The van der Waals surface area contributed by atoms with Gasteiger partial charge in [0.25, 0.3) is 0 Å². The van der Waals surface area contributed by atoms with E-state index in [9.17, 15) is 0 Å². The normalized spacial score (nSPS) is 11.0. The molecule has 0 N–H and O–H groups in total. The van der Waals surface area contributed by atoms with E-state index in [1.54, 1.807) is 0 Å². The highest BCUT2D eigenvalue weighted by atomic mass is 79.9. The number of aromatic nitrogens is 1. The summed E-state index contributed by atoms with van der Waals surface area (Å²) in [4.78, 5) is 0. The Morgan fingerprint density at radius 2 is 2.15 bits per heavy atom. The van der Waals surface area contributed by atoms with E-state index in [-0.39, 0.29) is 0 Å². The lowest BCUT2D eigenvalue weighted by Gasteiger charge is -2.03. The molecule has 13 heavy (non-hydrogen) atoms. The average Bonchev–Trinajstić information content (AvgIpc) is 2.43. The van der Waals surface area contributed by atoms with Crippen LogP contribution in [0.4, 0.5) is 0 Å². The number of rotatable bonds is 1. The molecule has 0 bridgehead atoms. The molecular weight excluding hydrogens is 226 g/mol. The molecule has 0 saturated carbocycles. The van der Waals surface area contributed by atoms with Crippen molar-refractivity contribution < 1.29 is 0 Å². The predicted molar refractivity (Wildman–Crippen MR) is 60.0 cm³/mol. The molecule has 0 spiro atoms. The number of fused-ring (bicyclic) bond motifs is 1. The average molecular weight is 238 g/mol. The van der Waals surface area contributed by atoms with Gasteiger partial charge in [-0.25, -0.2) is 0 Å². The van der Waals surface area contributed by atoms with Crippen LogP contribution < -0.4 is 0 Å². The van der Waals surface area contributed by atoms with Crippen LogP contribution in [0.25, 0.3) is 10.9 Å². The van der Waals surface area contributed by atoms with Crippen molar-refractivity contribution in [3.63, 3.8) is 0 Å². The first-order valence-electron chi connectivity index (χ1n) is 4.47. The SMILES string of the molecule is CCc1cccc2cc(Br)n(C)c12. The highest BCUT2D eigenvalue weighted by Gasteiger charge is 2.05. The smallest absolute Gasteiger partial charge is 0.0854 e. The standard InChI is InChI=1S/C11H12BrN/c1-3-8-5-4-6-9-7-10(12)13(2)11(8)9/h4-7H,3H2,1-2H3. The molecule has 0 fully saturated rings. The monoisotopic (exact) mass is 237 g/mol. The second-order valence-electron chi connectivity index (χ2n) is 3.23. The maximum atomic E-state index is 3.53. The molecule has 2 heteroatoms. The fourth-order valence-electron chi connectivity index (χ4n) is 1.75. The lowest BCUT2D eigenvalue weighted by atomic mass is 10.1. The van der Waals surface area contributed by atoms with Gasteiger partial charge >= 0.3 is 0 Å². The van der Waals surface area contributed by atoms with Crippen molar-refractivity contribution >= 4 is 26.8 Å². The Morgan fingerprint density at radius 1 is 1.38 bits per heavy atom. The zero-order valence-corrected chi connectivity index (χ0v) is 9.43. The molecular formula is C11H12BrN. The first-order chi connectivity index (χ1) is 6.24. The first-order valence-corrected chi connectivity index (χ1v) is 5.26. The zero-order chi connectivity index (χ0) is 9.42. The van der Waals surface area contributed by atoms with Crippen molar-refractivity contribution in [3.05, 3.63) is 34.4 Å². The molecule has 1 nitrogen and oxygen atoms in total. The summed E-state index contributed by atoms with van der Waals surface area (Å²) >= 11 is 3.53. The molecule has 0 aliphatic rings. The van der Waals surface area contributed by atoms with Crippen LogP contribution in [0.5, 0.6) is 0 Å². The maximum absolute atomic E-state index is 3.53. The fourth-order valence-corrected chi connectivity index (χ4v) is 2.18. The van der Waals surface area contributed by atoms with Gasteiger partial charge in [0.05, 0.1) is 10.1 Å². The molecule has 0 unspecified atom stereocenters. The van der Waals surface area contributed by atoms with Crippen LogP contribution in [0, 0.1) is 0 Å². The number of halogens is 1. The summed E-state index contributed by atoms with van der Waals surface area (Å²) in [7, 11) is 2.09.